The molecule has 0 saturated carbocycles. The normalized spacial score (nSPS) is 28.6. The Bertz CT molecular complexity index is 6420. The summed E-state index contributed by atoms with van der Waals surface area (Å²) < 4.78 is 71.6. The van der Waals surface area contributed by atoms with E-state index in [1.54, 1.807) is 11.3 Å². The molecule has 1 aromatic heterocycles. The largest absolute Gasteiger partial charge is 0.490 e. The third-order valence-corrected chi connectivity index (χ3v) is 28.6. The molecule has 7 aromatic carbocycles. The number of thiophene rings is 1. The summed E-state index contributed by atoms with van der Waals surface area (Å²) >= 11 is 1.62. The molecule has 4 saturated heterocycles. The first-order valence-corrected chi connectivity index (χ1v) is 46.8. The molecule has 0 spiro atoms. The average molecular weight is 1830 g/mol. The van der Waals surface area contributed by atoms with Crippen molar-refractivity contribution in [1.82, 2.24) is 0 Å². The molecule has 8 aromatic rings. The van der Waals surface area contributed by atoms with Gasteiger partial charge in [-0.25, -0.2) is 19.2 Å². The number of fused-ring (bicyclic) bond motifs is 12. The van der Waals surface area contributed by atoms with Crippen LogP contribution in [-0.2, 0) is 107 Å². The number of carbonyl (C=O) groups is 8. The summed E-state index contributed by atoms with van der Waals surface area (Å²) in [6.45, 7) is 47.8. The van der Waals surface area contributed by atoms with Crippen molar-refractivity contribution in [2.75, 3.05) is 0 Å². The second-order valence-corrected chi connectivity index (χ2v) is 38.6. The summed E-state index contributed by atoms with van der Waals surface area (Å²) in [5.74, 6) is -2.91. The summed E-state index contributed by atoms with van der Waals surface area (Å²) in [5.41, 5.74) is 11.8. The Morgan fingerprint density at radius 1 is 0.370 bits per heavy atom. The lowest BCUT2D eigenvalue weighted by Gasteiger charge is -2.30. The van der Waals surface area contributed by atoms with Gasteiger partial charge in [0.1, 0.15) is 96.3 Å². The molecule has 692 valence electrons. The molecular weight excluding hydrogens is 1720 g/mol. The van der Waals surface area contributed by atoms with Gasteiger partial charge in [0.25, 0.3) is 0 Å². The molecule has 20 nitrogen and oxygen atoms in total. The van der Waals surface area contributed by atoms with E-state index in [-0.39, 0.29) is 102 Å². The van der Waals surface area contributed by atoms with Crippen molar-refractivity contribution in [3.8, 4) is 0 Å². The Labute approximate surface area is 789 Å². The summed E-state index contributed by atoms with van der Waals surface area (Å²) in [5, 5.41) is 9.68. The van der Waals surface area contributed by atoms with E-state index >= 15 is 0 Å². The fourth-order valence-corrected chi connectivity index (χ4v) is 21.0. The molecule has 0 amide bonds. The van der Waals surface area contributed by atoms with Gasteiger partial charge in [0.15, 0.2) is 0 Å². The lowest BCUT2D eigenvalue weighted by atomic mass is 9.82. The molecule has 18 atom stereocenters. The Morgan fingerprint density at radius 2 is 0.681 bits per heavy atom. The van der Waals surface area contributed by atoms with Crippen molar-refractivity contribution in [3.63, 3.8) is 0 Å². The molecule has 21 heteroatoms. The van der Waals surface area contributed by atoms with Crippen molar-refractivity contribution >= 4 is 101 Å². The fraction of sp³-hybridized carbons (Fsp3) is 0.316. The fourth-order valence-electron chi connectivity index (χ4n) is 20.0. The summed E-state index contributed by atoms with van der Waals surface area (Å²) in [7, 11) is 0. The topological polar surface area (TPSA) is 247 Å². The predicted octanol–water partition coefficient (Wildman–Crippen LogP) is 21.8. The number of esters is 8. The van der Waals surface area contributed by atoms with Crippen LogP contribution in [0, 0.1) is 23.7 Å². The number of rotatable bonds is 12. The highest BCUT2D eigenvalue weighted by molar-refractivity contribution is 7.17. The van der Waals surface area contributed by atoms with Gasteiger partial charge in [0.05, 0.1) is 47.3 Å². The smallest absolute Gasteiger partial charge is 0.334 e. The van der Waals surface area contributed by atoms with E-state index in [4.69, 9.17) is 56.8 Å². The molecule has 1 unspecified atom stereocenters. The minimum atomic E-state index is -0.880. The SMILES string of the molecule is C=C1OC2CC3=C[C@@H](C/C(C)=C/[C@@H](OC(=O)C(C)(C)c4ccc5ccccc5c4)[C@@H]2C1=C)OC3=O.C=C1O[C@H]2CC3=C[C@@H](C/C(C)=C/[C@@H](OC(=O)Cc4csc5ccccc45)[C@@H]2C1=C)OC3=O.C=C1O[C@H]2CC3=C[C@@H](C/C(C)=C/[C@@H](OC(=O)[C@@H](C)c4ccc5ccccc5c4)[C@@H]2C1=C)OC3=O.C=C1O[C@H]2CC3=C[C@@H](C/C(C)=C/[C@@H](OC(=O)[C@H](C)c4ccc5ccccc5c4)[C@@H]2C1=C)OC3=O. The predicted molar refractivity (Wildman–Crippen MR) is 517 cm³/mol. The second-order valence-electron chi connectivity index (χ2n) is 37.7. The van der Waals surface area contributed by atoms with Crippen LogP contribution in [0.4, 0.5) is 0 Å². The maximum absolute atomic E-state index is 13.7. The maximum Gasteiger partial charge on any atom is 0.334 e. The number of benzene rings is 7. The molecule has 0 N–H and O–H groups in total. The van der Waals surface area contributed by atoms with Crippen LogP contribution in [0.15, 0.2) is 348 Å². The van der Waals surface area contributed by atoms with E-state index in [1.807, 2.05) is 261 Å². The van der Waals surface area contributed by atoms with Crippen molar-refractivity contribution in [2.45, 2.75) is 204 Å². The van der Waals surface area contributed by atoms with E-state index in [2.05, 4.69) is 52.6 Å². The van der Waals surface area contributed by atoms with Gasteiger partial charge in [-0.15, -0.1) is 11.3 Å². The van der Waals surface area contributed by atoms with Crippen LogP contribution < -0.4 is 0 Å². The lowest BCUT2D eigenvalue weighted by molar-refractivity contribution is -0.155. The van der Waals surface area contributed by atoms with Crippen LogP contribution in [0.2, 0.25) is 0 Å². The number of allylic oxidation sites excluding steroid dienone is 4. The average Bonchev–Trinajstić information content (AvgIpc) is 1.78. The van der Waals surface area contributed by atoms with Gasteiger partial charge in [0.2, 0.25) is 0 Å². The quantitative estimate of drug-likeness (QED) is 0.0626. The van der Waals surface area contributed by atoms with Gasteiger partial charge in [-0.3, -0.25) is 19.2 Å². The number of hydrogen-bond acceptors (Lipinski definition) is 21. The minimum Gasteiger partial charge on any atom is -0.490 e. The summed E-state index contributed by atoms with van der Waals surface area (Å²) in [4.78, 5) is 103. The summed E-state index contributed by atoms with van der Waals surface area (Å²) in [6.07, 6.45) is 13.9. The van der Waals surface area contributed by atoms with E-state index in [0.717, 1.165) is 86.9 Å². The highest BCUT2D eigenvalue weighted by Gasteiger charge is 2.51. The standard InChI is InChI=1S/C30H30O5.2C29H28O5.C26H24O5S/c1-17-12-24-15-22(28(31)34-24)16-26-27(18(2)19(3)33-26)25(13-17)35-29(32)30(4,5)23-11-10-20-8-6-7-9-21(20)14-23;2*1-16-11-24-14-23(29(31)33-24)15-26-27(17(2)19(4)32-26)25(12-16)34-28(30)18(3)21-10-9-20-7-5-6-8-22(20)13-21;1-14-8-19-10-17(26(28)30-19)11-22-25(15(2)16(3)29-22)21(9-14)31-24(27)12-18-13-32-23-7-5-4-6-20(18)23/h6-11,13-15,24-27H,2-3,12,16H2,1,4-5H3;2*5-10,12-14,18,24-27H,2,4,11,15H2,1,3H3;4-7,9-10,13,19,21-22,25H,2-3,8,11-12H2,1H3/b17-13+;2*16-12+;14-9+/t24-,25-,26?,27+;18-,24+,25+,26-,27-;18-,24-,25-,26+,27+;19-,21-,22+,25+/m1011/s1. The molecule has 9 heterocycles. The second kappa shape index (κ2) is 38.6. The van der Waals surface area contributed by atoms with Crippen LogP contribution in [-0.4, -0.2) is 121 Å². The monoisotopic (exact) mass is 1830 g/mol. The van der Waals surface area contributed by atoms with E-state index in [1.165, 1.54) is 0 Å². The van der Waals surface area contributed by atoms with Crippen LogP contribution >= 0.6 is 11.3 Å². The first-order valence-electron chi connectivity index (χ1n) is 45.9. The molecule has 4 fully saturated rings. The van der Waals surface area contributed by atoms with Crippen LogP contribution in [0.1, 0.15) is 141 Å². The Hall–Kier alpha value is -13.9. The van der Waals surface area contributed by atoms with Gasteiger partial charge < -0.3 is 56.8 Å². The Kier molecular flexibility index (Phi) is 26.6. The third-order valence-electron chi connectivity index (χ3n) is 27.6. The molecule has 12 aliphatic rings. The zero-order valence-electron chi connectivity index (χ0n) is 77.1. The van der Waals surface area contributed by atoms with Crippen molar-refractivity contribution < 1.29 is 95.2 Å². The highest BCUT2D eigenvalue weighted by atomic mass is 32.1. The maximum atomic E-state index is 13.7. The van der Waals surface area contributed by atoms with Crippen molar-refractivity contribution in [3.05, 3.63) is 370 Å². The molecule has 20 rings (SSSR count). The highest BCUT2D eigenvalue weighted by Crippen LogP contribution is 2.49. The van der Waals surface area contributed by atoms with Gasteiger partial charge in [-0.05, 0) is 198 Å². The van der Waals surface area contributed by atoms with Gasteiger partial charge in [0, 0.05) is 78.4 Å². The number of hydrogen-bond donors (Lipinski definition) is 0. The zero-order chi connectivity index (χ0) is 95.3. The van der Waals surface area contributed by atoms with E-state index < -0.39 is 66.1 Å². The van der Waals surface area contributed by atoms with Crippen molar-refractivity contribution in [1.29, 1.82) is 0 Å². The first-order chi connectivity index (χ1) is 64.6. The van der Waals surface area contributed by atoms with Gasteiger partial charge in [-0.2, -0.15) is 0 Å². The van der Waals surface area contributed by atoms with E-state index in [0.29, 0.717) is 119 Å². The van der Waals surface area contributed by atoms with Gasteiger partial charge >= 0.3 is 47.8 Å². The number of ether oxygens (including phenoxy) is 12. The molecule has 8 aliphatic heterocycles. The molecule has 135 heavy (non-hydrogen) atoms. The summed E-state index contributed by atoms with van der Waals surface area (Å²) in [6, 6.07) is 50.3. The molecule has 8 bridgehead atoms. The first kappa shape index (κ1) is 92.9. The van der Waals surface area contributed by atoms with Crippen LogP contribution in [0.5, 0.6) is 0 Å². The zero-order valence-corrected chi connectivity index (χ0v) is 77.9. The van der Waals surface area contributed by atoms with Crippen LogP contribution in [0.3, 0.4) is 0 Å². The minimum absolute atomic E-state index is 0.189. The van der Waals surface area contributed by atoms with Gasteiger partial charge in [-0.1, -0.05) is 221 Å². The van der Waals surface area contributed by atoms with Crippen molar-refractivity contribution in [2.24, 2.45) is 23.7 Å². The lowest BCUT2D eigenvalue weighted by Crippen LogP contribution is -2.39. The molecule has 4 aliphatic carbocycles. The molecule has 0 radical (unpaired) electrons. The Morgan fingerprint density at radius 3 is 1.04 bits per heavy atom. The number of carbonyl (C=O) groups excluding carboxylic acids is 8. The molecular formula is C114H110O20S. The van der Waals surface area contributed by atoms with E-state index in [9.17, 15) is 38.4 Å². The van der Waals surface area contributed by atoms with Crippen LogP contribution in [0.25, 0.3) is 42.4 Å². The third kappa shape index (κ3) is 19.9. The Balaban J connectivity index is 0.000000125.